The van der Waals surface area contributed by atoms with Gasteiger partial charge in [-0.2, -0.15) is 4.98 Å². The van der Waals surface area contributed by atoms with Crippen LogP contribution in [0.4, 0.5) is 0 Å². The predicted octanol–water partition coefficient (Wildman–Crippen LogP) is 4.98. The molecule has 0 saturated carbocycles. The molecule has 0 saturated heterocycles. The first kappa shape index (κ1) is 17.1. The molecule has 2 aromatic heterocycles. The third-order valence-electron chi connectivity index (χ3n) is 4.01. The first-order chi connectivity index (χ1) is 12.7. The standard InChI is InChI=1S/C19H17ClN4OS/c1-2-17-22-18(25-23-17)12-26-19-21-15-10-14(20)8-9-16(15)24(19)11-13-6-4-3-5-7-13/h3-10H,2,11-12H2,1H3. The van der Waals surface area contributed by atoms with Gasteiger partial charge in [-0.25, -0.2) is 4.98 Å². The number of fused-ring (bicyclic) bond motifs is 1. The number of aryl methyl sites for hydroxylation is 1. The van der Waals surface area contributed by atoms with Gasteiger partial charge in [-0.1, -0.05) is 65.8 Å². The second kappa shape index (κ2) is 7.51. The van der Waals surface area contributed by atoms with Gasteiger partial charge in [0.15, 0.2) is 11.0 Å². The fourth-order valence-corrected chi connectivity index (χ4v) is 3.75. The molecule has 0 bridgehead atoms. The number of benzene rings is 2. The summed E-state index contributed by atoms with van der Waals surface area (Å²) in [6, 6.07) is 16.1. The van der Waals surface area contributed by atoms with E-state index in [1.165, 1.54) is 5.56 Å². The Morgan fingerprint density at radius 1 is 1.12 bits per heavy atom. The van der Waals surface area contributed by atoms with Crippen LogP contribution in [0.5, 0.6) is 0 Å². The largest absolute Gasteiger partial charge is 0.338 e. The van der Waals surface area contributed by atoms with Gasteiger partial charge in [-0.15, -0.1) is 0 Å². The number of hydrogen-bond acceptors (Lipinski definition) is 5. The summed E-state index contributed by atoms with van der Waals surface area (Å²) < 4.78 is 7.49. The molecule has 0 radical (unpaired) electrons. The number of thioether (sulfide) groups is 1. The van der Waals surface area contributed by atoms with Crippen LogP contribution in [0.15, 0.2) is 58.2 Å². The average molecular weight is 385 g/mol. The van der Waals surface area contributed by atoms with Crippen LogP contribution in [-0.4, -0.2) is 19.7 Å². The SMILES string of the molecule is CCc1noc(CSc2nc3cc(Cl)ccc3n2Cc2ccccc2)n1. The molecule has 0 atom stereocenters. The topological polar surface area (TPSA) is 56.7 Å². The van der Waals surface area contributed by atoms with Crippen molar-refractivity contribution in [3.8, 4) is 0 Å². The molecule has 4 rings (SSSR count). The maximum atomic E-state index is 6.14. The monoisotopic (exact) mass is 384 g/mol. The fraction of sp³-hybridized carbons (Fsp3) is 0.211. The third-order valence-corrected chi connectivity index (χ3v) is 5.21. The van der Waals surface area contributed by atoms with Crippen LogP contribution in [0.3, 0.4) is 0 Å². The molecule has 5 nitrogen and oxygen atoms in total. The second-order valence-electron chi connectivity index (χ2n) is 5.85. The highest BCUT2D eigenvalue weighted by atomic mass is 35.5. The molecule has 0 amide bonds. The summed E-state index contributed by atoms with van der Waals surface area (Å²) in [6.45, 7) is 2.75. The smallest absolute Gasteiger partial charge is 0.237 e. The zero-order valence-corrected chi connectivity index (χ0v) is 15.8. The van der Waals surface area contributed by atoms with Crippen molar-refractivity contribution < 1.29 is 4.52 Å². The van der Waals surface area contributed by atoms with E-state index in [1.807, 2.05) is 43.3 Å². The lowest BCUT2D eigenvalue weighted by molar-refractivity contribution is 0.385. The number of imidazole rings is 1. The molecule has 4 aromatic rings. The maximum Gasteiger partial charge on any atom is 0.237 e. The summed E-state index contributed by atoms with van der Waals surface area (Å²) in [4.78, 5) is 9.13. The van der Waals surface area contributed by atoms with Gasteiger partial charge < -0.3 is 9.09 Å². The Morgan fingerprint density at radius 3 is 2.73 bits per heavy atom. The van der Waals surface area contributed by atoms with Crippen LogP contribution >= 0.6 is 23.4 Å². The Kier molecular flexibility index (Phi) is 4.95. The van der Waals surface area contributed by atoms with E-state index in [-0.39, 0.29) is 0 Å². The van der Waals surface area contributed by atoms with Crippen molar-refractivity contribution in [3.05, 3.63) is 70.8 Å². The van der Waals surface area contributed by atoms with Gasteiger partial charge in [0.2, 0.25) is 5.89 Å². The van der Waals surface area contributed by atoms with Crippen molar-refractivity contribution in [2.24, 2.45) is 0 Å². The molecule has 2 heterocycles. The summed E-state index contributed by atoms with van der Waals surface area (Å²) in [5, 5.41) is 5.54. The van der Waals surface area contributed by atoms with Crippen LogP contribution < -0.4 is 0 Å². The van der Waals surface area contributed by atoms with E-state index < -0.39 is 0 Å². The number of nitrogens with zero attached hydrogens (tertiary/aromatic N) is 4. The number of hydrogen-bond donors (Lipinski definition) is 0. The maximum absolute atomic E-state index is 6.14. The van der Waals surface area contributed by atoms with Crippen molar-refractivity contribution >= 4 is 34.4 Å². The molecule has 0 N–H and O–H groups in total. The first-order valence-corrected chi connectivity index (χ1v) is 9.73. The summed E-state index contributed by atoms with van der Waals surface area (Å²) >= 11 is 7.73. The molecule has 2 aromatic carbocycles. The summed E-state index contributed by atoms with van der Waals surface area (Å²) in [5.74, 6) is 1.92. The Morgan fingerprint density at radius 2 is 1.96 bits per heavy atom. The highest BCUT2D eigenvalue weighted by Gasteiger charge is 2.14. The third kappa shape index (κ3) is 3.61. The van der Waals surface area contributed by atoms with Gasteiger partial charge in [0.1, 0.15) is 0 Å². The average Bonchev–Trinajstić information content (AvgIpc) is 3.25. The summed E-state index contributed by atoms with van der Waals surface area (Å²) in [7, 11) is 0. The quantitative estimate of drug-likeness (QED) is 0.439. The Balaban J connectivity index is 1.66. The van der Waals surface area contributed by atoms with Crippen molar-refractivity contribution in [1.82, 2.24) is 19.7 Å². The molecular formula is C19H17ClN4OS. The molecular weight excluding hydrogens is 368 g/mol. The molecule has 0 aliphatic carbocycles. The molecule has 132 valence electrons. The van der Waals surface area contributed by atoms with E-state index in [9.17, 15) is 0 Å². The normalized spacial score (nSPS) is 11.3. The molecule has 0 spiro atoms. The lowest BCUT2D eigenvalue weighted by atomic mass is 10.2. The predicted molar refractivity (Wildman–Crippen MR) is 104 cm³/mol. The molecule has 26 heavy (non-hydrogen) atoms. The fourth-order valence-electron chi connectivity index (χ4n) is 2.73. The highest BCUT2D eigenvalue weighted by Crippen LogP contribution is 2.29. The Hall–Kier alpha value is -2.31. The van der Waals surface area contributed by atoms with Gasteiger partial charge in [0.05, 0.1) is 23.3 Å². The molecule has 0 unspecified atom stereocenters. The highest BCUT2D eigenvalue weighted by molar-refractivity contribution is 7.98. The molecule has 0 fully saturated rings. The van der Waals surface area contributed by atoms with Gasteiger partial charge in [-0.05, 0) is 23.8 Å². The summed E-state index contributed by atoms with van der Waals surface area (Å²) in [6.07, 6.45) is 0.763. The Labute approximate surface area is 160 Å². The zero-order valence-electron chi connectivity index (χ0n) is 14.2. The van der Waals surface area contributed by atoms with Gasteiger partial charge in [0.25, 0.3) is 0 Å². The first-order valence-electron chi connectivity index (χ1n) is 8.37. The van der Waals surface area contributed by atoms with E-state index in [2.05, 4.69) is 26.8 Å². The van der Waals surface area contributed by atoms with E-state index >= 15 is 0 Å². The van der Waals surface area contributed by atoms with Crippen LogP contribution in [0.25, 0.3) is 11.0 Å². The van der Waals surface area contributed by atoms with Crippen LogP contribution in [-0.2, 0) is 18.7 Å². The summed E-state index contributed by atoms with van der Waals surface area (Å²) in [5.41, 5.74) is 3.16. The van der Waals surface area contributed by atoms with E-state index in [0.717, 1.165) is 35.0 Å². The zero-order chi connectivity index (χ0) is 17.9. The van der Waals surface area contributed by atoms with E-state index in [4.69, 9.17) is 21.1 Å². The van der Waals surface area contributed by atoms with E-state index in [0.29, 0.717) is 16.7 Å². The number of rotatable bonds is 6. The van der Waals surface area contributed by atoms with Gasteiger partial charge in [-0.3, -0.25) is 0 Å². The van der Waals surface area contributed by atoms with E-state index in [1.54, 1.807) is 11.8 Å². The Bertz CT molecular complexity index is 1030. The molecule has 0 aliphatic rings. The van der Waals surface area contributed by atoms with Crippen molar-refractivity contribution in [2.45, 2.75) is 30.8 Å². The van der Waals surface area contributed by atoms with Crippen LogP contribution in [0, 0.1) is 0 Å². The van der Waals surface area contributed by atoms with Crippen molar-refractivity contribution in [2.75, 3.05) is 0 Å². The van der Waals surface area contributed by atoms with Crippen LogP contribution in [0.1, 0.15) is 24.2 Å². The van der Waals surface area contributed by atoms with Gasteiger partial charge in [0, 0.05) is 11.4 Å². The molecule has 0 aliphatic heterocycles. The van der Waals surface area contributed by atoms with Crippen molar-refractivity contribution in [3.63, 3.8) is 0 Å². The molecule has 7 heteroatoms. The van der Waals surface area contributed by atoms with Crippen molar-refractivity contribution in [1.29, 1.82) is 0 Å². The minimum absolute atomic E-state index is 0.582. The second-order valence-corrected chi connectivity index (χ2v) is 7.22. The minimum atomic E-state index is 0.582. The van der Waals surface area contributed by atoms with Gasteiger partial charge >= 0.3 is 0 Å². The lowest BCUT2D eigenvalue weighted by Crippen LogP contribution is -2.01. The number of aromatic nitrogens is 4. The number of halogens is 1. The van der Waals surface area contributed by atoms with Crippen LogP contribution in [0.2, 0.25) is 5.02 Å². The minimum Gasteiger partial charge on any atom is -0.338 e. The lowest BCUT2D eigenvalue weighted by Gasteiger charge is -2.08.